The average Bonchev–Trinajstić information content (AvgIpc) is 3.49. The van der Waals surface area contributed by atoms with E-state index >= 15 is 0 Å². The van der Waals surface area contributed by atoms with Crippen LogP contribution in [-0.4, -0.2) is 130 Å². The molecule has 0 radical (unpaired) electrons. The lowest BCUT2D eigenvalue weighted by atomic mass is 9.87. The fourth-order valence-corrected chi connectivity index (χ4v) is 7.91. The Hall–Kier alpha value is -5.04. The van der Waals surface area contributed by atoms with E-state index in [2.05, 4.69) is 19.4 Å². The van der Waals surface area contributed by atoms with Crippen LogP contribution in [0.15, 0.2) is 53.6 Å². The number of alkyl halides is 2. The number of carbonyl (C=O) groups is 3. The number of pyridine rings is 1. The monoisotopic (exact) mass is 851 g/mol. The Balaban J connectivity index is 1.20. The summed E-state index contributed by atoms with van der Waals surface area (Å²) in [6.07, 6.45) is 1.34. The molecule has 2 aromatic carbocycles. The summed E-state index contributed by atoms with van der Waals surface area (Å²) in [6.45, 7) is 5.47. The molecule has 21 heteroatoms. The maximum Gasteiger partial charge on any atom is 0.488 e. The highest BCUT2D eigenvalue weighted by molar-refractivity contribution is 7.85. The summed E-state index contributed by atoms with van der Waals surface area (Å²) in [5, 5.41) is 11.6. The summed E-state index contributed by atoms with van der Waals surface area (Å²) in [5.41, 5.74) is 0.831. The van der Waals surface area contributed by atoms with Crippen LogP contribution in [0.5, 0.6) is 5.75 Å². The average molecular weight is 852 g/mol. The summed E-state index contributed by atoms with van der Waals surface area (Å²) in [4.78, 5) is 49.9. The highest BCUT2D eigenvalue weighted by Crippen LogP contribution is 2.34. The number of benzene rings is 2. The number of likely N-dealkylation sites (tertiary alicyclic amines) is 1. The van der Waals surface area contributed by atoms with Gasteiger partial charge in [-0.3, -0.25) is 28.8 Å². The van der Waals surface area contributed by atoms with E-state index in [-0.39, 0.29) is 39.1 Å². The van der Waals surface area contributed by atoms with Crippen molar-refractivity contribution >= 4 is 54.9 Å². The maximum atomic E-state index is 13.9. The van der Waals surface area contributed by atoms with Gasteiger partial charge in [-0.15, -0.1) is 0 Å². The molecule has 5 rings (SSSR count). The Kier molecular flexibility index (Phi) is 13.6. The first-order valence-corrected chi connectivity index (χ1v) is 21.1. The second-order valence-electron chi connectivity index (χ2n) is 14.7. The van der Waals surface area contributed by atoms with Gasteiger partial charge >= 0.3 is 10.5 Å². The molecule has 0 spiro atoms. The van der Waals surface area contributed by atoms with Gasteiger partial charge in [0.2, 0.25) is 11.8 Å². The largest absolute Gasteiger partial charge is 0.488 e. The van der Waals surface area contributed by atoms with Gasteiger partial charge in [-0.05, 0) is 55.1 Å². The molecular weight excluding hydrogens is 808 g/mol. The van der Waals surface area contributed by atoms with Gasteiger partial charge in [0.15, 0.2) is 5.75 Å². The van der Waals surface area contributed by atoms with Crippen molar-refractivity contribution in [3.8, 4) is 11.8 Å². The van der Waals surface area contributed by atoms with Gasteiger partial charge in [-0.25, -0.2) is 8.78 Å². The van der Waals surface area contributed by atoms with E-state index in [1.165, 1.54) is 30.3 Å². The smallest absolute Gasteiger partial charge is 0.374 e. The lowest BCUT2D eigenvalue weighted by molar-refractivity contribution is -0.138. The van der Waals surface area contributed by atoms with Crippen molar-refractivity contribution in [2.75, 3.05) is 64.3 Å². The van der Waals surface area contributed by atoms with Crippen LogP contribution in [0.4, 0.5) is 18.4 Å². The lowest BCUT2D eigenvalue weighted by Crippen LogP contribution is -2.51. The Morgan fingerprint density at radius 3 is 2.36 bits per heavy atom. The number of hydrogen-bond acceptors (Lipinski definition) is 12. The van der Waals surface area contributed by atoms with Crippen molar-refractivity contribution in [1.82, 2.24) is 25.0 Å². The van der Waals surface area contributed by atoms with Gasteiger partial charge in [0.1, 0.15) is 11.6 Å². The summed E-state index contributed by atoms with van der Waals surface area (Å²) in [6, 6.07) is 10.1. The number of rotatable bonds is 15. The number of carbonyl (C=O) groups excluding carboxylic acids is 3. The molecule has 2 atom stereocenters. The minimum atomic E-state index is -5.53. The van der Waals surface area contributed by atoms with Gasteiger partial charge in [-0.1, -0.05) is 29.9 Å². The molecule has 2 aliphatic rings. The zero-order chi connectivity index (χ0) is 42.6. The third-order valence-corrected chi connectivity index (χ3v) is 11.5. The molecule has 2 N–H and O–H groups in total. The molecule has 3 amide bonds. The van der Waals surface area contributed by atoms with Crippen molar-refractivity contribution in [3.05, 3.63) is 59.8 Å². The molecule has 1 aromatic heterocycles. The topological polar surface area (TPSA) is 211 Å². The highest BCUT2D eigenvalue weighted by Gasteiger charge is 2.47. The number of fused-ring (bicyclic) bond motifs is 1. The normalized spacial score (nSPS) is 17.9. The van der Waals surface area contributed by atoms with Gasteiger partial charge in [-0.2, -0.15) is 22.1 Å². The number of halogens is 3. The molecule has 2 unspecified atom stereocenters. The first-order valence-electron chi connectivity index (χ1n) is 18.4. The van der Waals surface area contributed by atoms with E-state index in [4.69, 9.17) is 0 Å². The van der Waals surface area contributed by atoms with Crippen LogP contribution in [-0.2, 0) is 36.6 Å². The van der Waals surface area contributed by atoms with Crippen LogP contribution < -0.4 is 14.4 Å². The molecule has 2 saturated heterocycles. The lowest BCUT2D eigenvalue weighted by Gasteiger charge is -2.37. The van der Waals surface area contributed by atoms with E-state index < -0.39 is 69.7 Å². The molecule has 2 fully saturated rings. The number of aromatic nitrogens is 1. The number of hydrogen-bond donors (Lipinski definition) is 2. The molecular formula is C37H44F3N7O9S2. The number of nitriles is 1. The highest BCUT2D eigenvalue weighted by atomic mass is 32.3. The van der Waals surface area contributed by atoms with E-state index in [1.54, 1.807) is 30.1 Å². The molecule has 314 valence electrons. The molecule has 2 aliphatic heterocycles. The Labute approximate surface area is 334 Å². The summed E-state index contributed by atoms with van der Waals surface area (Å²) >= 11 is 0. The summed E-state index contributed by atoms with van der Waals surface area (Å²) in [5.74, 6) is -5.83. The van der Waals surface area contributed by atoms with E-state index in [1.807, 2.05) is 18.7 Å². The quantitative estimate of drug-likeness (QED) is 0.167. The predicted molar refractivity (Wildman–Crippen MR) is 205 cm³/mol. The van der Waals surface area contributed by atoms with Crippen LogP contribution >= 0.6 is 0 Å². The number of anilines is 1. The van der Waals surface area contributed by atoms with Crippen LogP contribution in [0.2, 0.25) is 0 Å². The molecule has 0 saturated carbocycles. The van der Waals surface area contributed by atoms with Gasteiger partial charge < -0.3 is 24.2 Å². The Morgan fingerprint density at radius 1 is 1.09 bits per heavy atom. The third kappa shape index (κ3) is 11.1. The summed E-state index contributed by atoms with van der Waals surface area (Å²) in [7, 11) is -8.16. The second kappa shape index (κ2) is 17.8. The second-order valence-corrected chi connectivity index (χ2v) is 17.1. The number of nitrogens with one attached hydrogen (secondary N) is 1. The number of amides is 3. The Bertz CT molecular complexity index is 2280. The molecule has 0 bridgehead atoms. The van der Waals surface area contributed by atoms with Crippen LogP contribution in [0.1, 0.15) is 42.6 Å². The first kappa shape index (κ1) is 44.1. The van der Waals surface area contributed by atoms with Gasteiger partial charge in [0, 0.05) is 75.4 Å². The van der Waals surface area contributed by atoms with Crippen molar-refractivity contribution < 1.29 is 52.6 Å². The van der Waals surface area contributed by atoms with E-state index in [0.29, 0.717) is 62.7 Å². The fourth-order valence-electron chi connectivity index (χ4n) is 7.09. The van der Waals surface area contributed by atoms with Crippen molar-refractivity contribution in [2.24, 2.45) is 11.8 Å². The minimum absolute atomic E-state index is 0.00381. The van der Waals surface area contributed by atoms with E-state index in [9.17, 15) is 53.7 Å². The van der Waals surface area contributed by atoms with Crippen molar-refractivity contribution in [2.45, 2.75) is 50.0 Å². The van der Waals surface area contributed by atoms with Gasteiger partial charge in [0.25, 0.3) is 21.9 Å². The SMILES string of the molecule is CC(C)C(Cc1ccc(S(=O)(=O)O)cc1)C(=O)N1CCN(CCCN(C)c2cc(OS(=O)(=O)F)c3nccc(C(=O)NCC(=O)N4CC(F)(F)CC4C#N)c3c2)CC1. The number of piperazine rings is 1. The molecule has 16 nitrogen and oxygen atoms in total. The zero-order valence-corrected chi connectivity index (χ0v) is 33.6. The minimum Gasteiger partial charge on any atom is -0.374 e. The van der Waals surface area contributed by atoms with Crippen molar-refractivity contribution in [3.63, 3.8) is 0 Å². The Morgan fingerprint density at radius 2 is 1.76 bits per heavy atom. The number of nitrogens with zero attached hydrogens (tertiary/aromatic N) is 6. The van der Waals surface area contributed by atoms with Crippen molar-refractivity contribution in [1.29, 1.82) is 5.26 Å². The van der Waals surface area contributed by atoms with Crippen LogP contribution in [0.25, 0.3) is 10.9 Å². The molecule has 58 heavy (non-hydrogen) atoms. The predicted octanol–water partition coefficient (Wildman–Crippen LogP) is 3.05. The fraction of sp³-hybridized carbons (Fsp3) is 0.486. The molecule has 0 aliphatic carbocycles. The molecule has 3 heterocycles. The standard InChI is InChI=1S/C37H44F3N7O9S2/c1-24(2)30(17-25-5-7-28(8-6-25)57(51,52)53)36(50)46-15-13-45(14-16-46)12-4-11-44(3)26-18-31-29(9-10-42-34(31)32(19-26)56-58(40,54)55)35(49)43-22-33(48)47-23-37(38,39)20-27(47)21-41/h5-10,18-19,24,27,30H,4,11-17,20,22-23H2,1-3H3,(H,43,49)(H,51,52,53). The van der Waals surface area contributed by atoms with E-state index in [0.717, 1.165) is 11.8 Å². The molecule has 3 aromatic rings. The maximum absolute atomic E-state index is 13.9. The third-order valence-electron chi connectivity index (χ3n) is 10.3. The zero-order valence-electron chi connectivity index (χ0n) is 32.0. The van der Waals surface area contributed by atoms with Crippen LogP contribution in [0.3, 0.4) is 0 Å². The van der Waals surface area contributed by atoms with Gasteiger partial charge in [0.05, 0.1) is 29.6 Å². The summed E-state index contributed by atoms with van der Waals surface area (Å²) < 4.78 is 101. The van der Waals surface area contributed by atoms with Crippen LogP contribution in [0, 0.1) is 23.2 Å². The first-order chi connectivity index (χ1) is 27.2.